The molecule has 29 heavy (non-hydrogen) atoms. The van der Waals surface area contributed by atoms with Gasteiger partial charge in [-0.2, -0.15) is 0 Å². The molecule has 0 aliphatic carbocycles. The smallest absolute Gasteiger partial charge is 0.265 e. The Bertz CT molecular complexity index is 1090. The SMILES string of the molecule is NS(=O)(=O)c1ccc(CCNC(=O)c2ccc(NC(=O)c3cccs3)cc2)cc1. The van der Waals surface area contributed by atoms with Crippen molar-refractivity contribution in [3.8, 4) is 0 Å². The Morgan fingerprint density at radius 3 is 2.21 bits per heavy atom. The average Bonchev–Trinajstić information content (AvgIpc) is 3.23. The van der Waals surface area contributed by atoms with Gasteiger partial charge in [-0.25, -0.2) is 13.6 Å². The maximum atomic E-state index is 12.2. The summed E-state index contributed by atoms with van der Waals surface area (Å²) in [6.45, 7) is 0.393. The zero-order chi connectivity index (χ0) is 20.9. The highest BCUT2D eigenvalue weighted by atomic mass is 32.2. The summed E-state index contributed by atoms with van der Waals surface area (Å²) in [6.07, 6.45) is 0.547. The van der Waals surface area contributed by atoms with Gasteiger partial charge in [-0.15, -0.1) is 11.3 Å². The highest BCUT2D eigenvalue weighted by Crippen LogP contribution is 2.14. The lowest BCUT2D eigenvalue weighted by Gasteiger charge is -2.08. The van der Waals surface area contributed by atoms with Crippen LogP contribution in [0.15, 0.2) is 70.9 Å². The van der Waals surface area contributed by atoms with Crippen molar-refractivity contribution in [1.82, 2.24) is 5.32 Å². The monoisotopic (exact) mass is 429 g/mol. The Labute approximate surface area is 172 Å². The summed E-state index contributed by atoms with van der Waals surface area (Å²) in [7, 11) is -3.71. The fourth-order valence-corrected chi connectivity index (χ4v) is 3.71. The zero-order valence-electron chi connectivity index (χ0n) is 15.3. The Morgan fingerprint density at radius 2 is 1.62 bits per heavy atom. The van der Waals surface area contributed by atoms with Gasteiger partial charge in [0.15, 0.2) is 0 Å². The minimum absolute atomic E-state index is 0.0524. The van der Waals surface area contributed by atoms with Gasteiger partial charge in [-0.1, -0.05) is 18.2 Å². The third-order valence-corrected chi connectivity index (χ3v) is 5.90. The zero-order valence-corrected chi connectivity index (χ0v) is 16.9. The van der Waals surface area contributed by atoms with Gasteiger partial charge in [0.05, 0.1) is 9.77 Å². The third kappa shape index (κ3) is 5.74. The Hall–Kier alpha value is -3.01. The summed E-state index contributed by atoms with van der Waals surface area (Å²) in [5.41, 5.74) is 1.96. The van der Waals surface area contributed by atoms with Crippen LogP contribution in [0, 0.1) is 0 Å². The molecule has 0 saturated heterocycles. The van der Waals surface area contributed by atoms with Crippen molar-refractivity contribution in [2.24, 2.45) is 5.14 Å². The van der Waals surface area contributed by atoms with Crippen LogP contribution in [-0.4, -0.2) is 26.8 Å². The number of carbonyl (C=O) groups excluding carboxylic acids is 2. The molecule has 0 spiro atoms. The number of sulfonamides is 1. The van der Waals surface area contributed by atoms with E-state index in [4.69, 9.17) is 5.14 Å². The van der Waals surface area contributed by atoms with E-state index in [0.29, 0.717) is 29.1 Å². The molecule has 0 aliphatic rings. The molecule has 0 fully saturated rings. The van der Waals surface area contributed by atoms with Gasteiger partial charge in [0.1, 0.15) is 0 Å². The van der Waals surface area contributed by atoms with Crippen LogP contribution in [0.25, 0.3) is 0 Å². The van der Waals surface area contributed by atoms with Crippen LogP contribution in [0.5, 0.6) is 0 Å². The normalized spacial score (nSPS) is 11.1. The van der Waals surface area contributed by atoms with Crippen LogP contribution in [0.4, 0.5) is 5.69 Å². The van der Waals surface area contributed by atoms with E-state index in [2.05, 4.69) is 10.6 Å². The fourth-order valence-electron chi connectivity index (χ4n) is 2.57. The number of thiophene rings is 1. The van der Waals surface area contributed by atoms with Gasteiger partial charge >= 0.3 is 0 Å². The van der Waals surface area contributed by atoms with E-state index in [1.54, 1.807) is 42.5 Å². The number of amides is 2. The minimum atomic E-state index is -3.71. The molecule has 0 unspecified atom stereocenters. The molecule has 2 aromatic carbocycles. The van der Waals surface area contributed by atoms with Crippen molar-refractivity contribution >= 4 is 38.9 Å². The third-order valence-electron chi connectivity index (χ3n) is 4.10. The summed E-state index contributed by atoms with van der Waals surface area (Å²) < 4.78 is 22.5. The van der Waals surface area contributed by atoms with E-state index >= 15 is 0 Å². The molecule has 1 aromatic heterocycles. The quantitative estimate of drug-likeness (QED) is 0.535. The molecular formula is C20H19N3O4S2. The molecule has 1 heterocycles. The number of carbonyl (C=O) groups is 2. The second-order valence-corrected chi connectivity index (χ2v) is 8.71. The maximum absolute atomic E-state index is 12.2. The van der Waals surface area contributed by atoms with Crippen LogP contribution in [-0.2, 0) is 16.4 Å². The van der Waals surface area contributed by atoms with Crippen LogP contribution in [0.1, 0.15) is 25.6 Å². The summed E-state index contributed by atoms with van der Waals surface area (Å²) in [5, 5.41) is 12.5. The van der Waals surface area contributed by atoms with E-state index in [0.717, 1.165) is 5.56 Å². The largest absolute Gasteiger partial charge is 0.352 e. The van der Waals surface area contributed by atoms with Crippen molar-refractivity contribution in [2.45, 2.75) is 11.3 Å². The number of rotatable bonds is 7. The molecule has 3 rings (SSSR count). The van der Waals surface area contributed by atoms with Crippen molar-refractivity contribution < 1.29 is 18.0 Å². The van der Waals surface area contributed by atoms with Crippen LogP contribution in [0.3, 0.4) is 0 Å². The Balaban J connectivity index is 1.50. The molecular weight excluding hydrogens is 410 g/mol. The molecule has 0 aliphatic heterocycles. The number of anilines is 1. The highest BCUT2D eigenvalue weighted by Gasteiger charge is 2.09. The van der Waals surface area contributed by atoms with Crippen LogP contribution in [0.2, 0.25) is 0 Å². The lowest BCUT2D eigenvalue weighted by molar-refractivity contribution is 0.0953. The molecule has 0 bridgehead atoms. The van der Waals surface area contributed by atoms with Crippen LogP contribution < -0.4 is 15.8 Å². The molecule has 0 atom stereocenters. The average molecular weight is 430 g/mol. The van der Waals surface area contributed by atoms with Crippen molar-refractivity contribution in [2.75, 3.05) is 11.9 Å². The first-order valence-corrected chi connectivity index (χ1v) is 11.1. The number of nitrogens with two attached hydrogens (primary N) is 1. The topological polar surface area (TPSA) is 118 Å². The van der Waals surface area contributed by atoms with E-state index in [1.807, 2.05) is 11.4 Å². The summed E-state index contributed by atoms with van der Waals surface area (Å²) in [5.74, 6) is -0.423. The molecule has 2 amide bonds. The lowest BCUT2D eigenvalue weighted by atomic mass is 10.1. The number of hydrogen-bond acceptors (Lipinski definition) is 5. The van der Waals surface area contributed by atoms with Crippen molar-refractivity contribution in [3.63, 3.8) is 0 Å². The Morgan fingerprint density at radius 1 is 0.931 bits per heavy atom. The first kappa shape index (κ1) is 20.7. The molecule has 9 heteroatoms. The first-order valence-electron chi connectivity index (χ1n) is 8.68. The van der Waals surface area contributed by atoms with Crippen LogP contribution >= 0.6 is 11.3 Å². The molecule has 0 radical (unpaired) electrons. The lowest BCUT2D eigenvalue weighted by Crippen LogP contribution is -2.25. The van der Waals surface area contributed by atoms with Gasteiger partial charge in [-0.05, 0) is 59.8 Å². The summed E-state index contributed by atoms with van der Waals surface area (Å²) >= 11 is 1.36. The Kier molecular flexibility index (Phi) is 6.42. The van der Waals surface area contributed by atoms with Crippen molar-refractivity contribution in [1.29, 1.82) is 0 Å². The van der Waals surface area contributed by atoms with Gasteiger partial charge in [0, 0.05) is 17.8 Å². The highest BCUT2D eigenvalue weighted by molar-refractivity contribution is 7.89. The first-order chi connectivity index (χ1) is 13.8. The molecule has 7 nitrogen and oxygen atoms in total. The second kappa shape index (κ2) is 8.99. The van der Waals surface area contributed by atoms with E-state index in [9.17, 15) is 18.0 Å². The van der Waals surface area contributed by atoms with Gasteiger partial charge in [-0.3, -0.25) is 9.59 Å². The molecule has 4 N–H and O–H groups in total. The summed E-state index contributed by atoms with van der Waals surface area (Å²) in [6, 6.07) is 16.4. The predicted molar refractivity (Wildman–Crippen MR) is 113 cm³/mol. The summed E-state index contributed by atoms with van der Waals surface area (Å²) in [4.78, 5) is 24.9. The van der Waals surface area contributed by atoms with Gasteiger partial charge < -0.3 is 10.6 Å². The predicted octanol–water partition coefficient (Wildman–Crippen LogP) is 2.62. The van der Waals surface area contributed by atoms with Crippen molar-refractivity contribution in [3.05, 3.63) is 82.0 Å². The number of nitrogens with one attached hydrogen (secondary N) is 2. The molecule has 0 saturated carbocycles. The fraction of sp³-hybridized carbons (Fsp3) is 0.100. The maximum Gasteiger partial charge on any atom is 0.265 e. The minimum Gasteiger partial charge on any atom is -0.352 e. The molecule has 3 aromatic rings. The number of primary sulfonamides is 1. The standard InChI is InChI=1S/C20H19N3O4S2/c21-29(26,27)17-9-3-14(4-10-17)11-12-22-19(24)15-5-7-16(8-6-15)23-20(25)18-2-1-13-28-18/h1-10,13H,11-12H2,(H,22,24)(H,23,25)(H2,21,26,27). The van der Waals surface area contributed by atoms with E-state index in [-0.39, 0.29) is 16.7 Å². The number of hydrogen-bond donors (Lipinski definition) is 3. The van der Waals surface area contributed by atoms with E-state index < -0.39 is 10.0 Å². The van der Waals surface area contributed by atoms with Gasteiger partial charge in [0.25, 0.3) is 11.8 Å². The second-order valence-electron chi connectivity index (χ2n) is 6.20. The van der Waals surface area contributed by atoms with Gasteiger partial charge in [0.2, 0.25) is 10.0 Å². The number of benzene rings is 2. The van der Waals surface area contributed by atoms with E-state index in [1.165, 1.54) is 23.5 Å². The molecule has 150 valence electrons.